The molecule has 1 amide bonds. The Kier molecular flexibility index (Phi) is 3.39. The number of likely N-dealkylation sites (N-methyl/N-ethyl adjacent to an activating group) is 1. The molecule has 0 fully saturated rings. The van der Waals surface area contributed by atoms with E-state index in [2.05, 4.69) is 0 Å². The lowest BCUT2D eigenvalue weighted by atomic mass is 9.78. The maximum Gasteiger partial charge on any atom is 0.390 e. The lowest BCUT2D eigenvalue weighted by Gasteiger charge is -2.25. The first kappa shape index (κ1) is 15.9. The van der Waals surface area contributed by atoms with Crippen LogP contribution in [-0.4, -0.2) is 19.1 Å². The number of halogens is 3. The van der Waals surface area contributed by atoms with Crippen LogP contribution in [0.15, 0.2) is 18.2 Å². The summed E-state index contributed by atoms with van der Waals surface area (Å²) in [5, 5.41) is 0. The number of benzene rings is 1. The molecule has 5 heteroatoms. The van der Waals surface area contributed by atoms with Crippen molar-refractivity contribution in [3.05, 3.63) is 29.3 Å². The highest BCUT2D eigenvalue weighted by molar-refractivity contribution is 6.07. The summed E-state index contributed by atoms with van der Waals surface area (Å²) in [4.78, 5) is 13.7. The second-order valence-electron chi connectivity index (χ2n) is 6.97. The number of anilines is 1. The van der Waals surface area contributed by atoms with Crippen molar-refractivity contribution in [3.8, 4) is 0 Å². The van der Waals surface area contributed by atoms with E-state index < -0.39 is 23.9 Å². The van der Waals surface area contributed by atoms with Gasteiger partial charge in [-0.2, -0.15) is 13.2 Å². The predicted molar refractivity (Wildman–Crippen MR) is 76.6 cm³/mol. The molecule has 0 aliphatic carbocycles. The highest BCUT2D eigenvalue weighted by Gasteiger charge is 2.52. The van der Waals surface area contributed by atoms with E-state index in [1.54, 1.807) is 6.07 Å². The minimum atomic E-state index is -4.38. The van der Waals surface area contributed by atoms with Gasteiger partial charge < -0.3 is 4.90 Å². The van der Waals surface area contributed by atoms with Gasteiger partial charge in [-0.25, -0.2) is 0 Å². The van der Waals surface area contributed by atoms with Crippen LogP contribution in [-0.2, 0) is 15.6 Å². The summed E-state index contributed by atoms with van der Waals surface area (Å²) in [6.07, 6.45) is -5.51. The smallest absolute Gasteiger partial charge is 0.314 e. The quantitative estimate of drug-likeness (QED) is 0.762. The molecule has 0 saturated carbocycles. The summed E-state index contributed by atoms with van der Waals surface area (Å²) in [6, 6.07) is 5.32. The first-order chi connectivity index (χ1) is 9.36. The van der Waals surface area contributed by atoms with Crippen molar-refractivity contribution in [2.24, 2.45) is 0 Å². The summed E-state index contributed by atoms with van der Waals surface area (Å²) in [5.41, 5.74) is 0.386. The van der Waals surface area contributed by atoms with Gasteiger partial charge >= 0.3 is 6.18 Å². The summed E-state index contributed by atoms with van der Waals surface area (Å²) in [5.74, 6) is -0.499. The molecule has 0 bridgehead atoms. The van der Waals surface area contributed by atoms with Gasteiger partial charge in [-0.3, -0.25) is 4.79 Å². The molecule has 0 radical (unpaired) electrons. The largest absolute Gasteiger partial charge is 0.390 e. The minimum Gasteiger partial charge on any atom is -0.314 e. The number of nitrogens with zero attached hydrogens (tertiary/aromatic N) is 1. The van der Waals surface area contributed by atoms with Crippen LogP contribution >= 0.6 is 0 Å². The van der Waals surface area contributed by atoms with Gasteiger partial charge in [-0.15, -0.1) is 0 Å². The number of hydrogen-bond donors (Lipinski definition) is 0. The van der Waals surface area contributed by atoms with Crippen LogP contribution in [0.4, 0.5) is 18.9 Å². The molecule has 0 aromatic heterocycles. The second kappa shape index (κ2) is 4.49. The van der Waals surface area contributed by atoms with Crippen LogP contribution in [0.2, 0.25) is 0 Å². The van der Waals surface area contributed by atoms with Gasteiger partial charge in [-0.05, 0) is 29.5 Å². The summed E-state index contributed by atoms with van der Waals surface area (Å²) >= 11 is 0. The van der Waals surface area contributed by atoms with Crippen molar-refractivity contribution in [1.29, 1.82) is 0 Å². The van der Waals surface area contributed by atoms with Gasteiger partial charge in [0.05, 0.1) is 11.8 Å². The SMILES string of the molecule is CN1C(=O)[C@](C)(CC(F)(F)F)c2ccc(C(C)(C)C)cc21. The lowest BCUT2D eigenvalue weighted by Crippen LogP contribution is -2.39. The van der Waals surface area contributed by atoms with Crippen molar-refractivity contribution in [2.45, 2.75) is 51.1 Å². The second-order valence-corrected chi connectivity index (χ2v) is 6.97. The van der Waals surface area contributed by atoms with Crippen LogP contribution in [0, 0.1) is 0 Å². The first-order valence-electron chi connectivity index (χ1n) is 6.86. The highest BCUT2D eigenvalue weighted by atomic mass is 19.4. The fourth-order valence-corrected chi connectivity index (χ4v) is 2.91. The third kappa shape index (κ3) is 2.65. The van der Waals surface area contributed by atoms with E-state index in [1.165, 1.54) is 18.9 Å². The van der Waals surface area contributed by atoms with Crippen LogP contribution in [0.5, 0.6) is 0 Å². The molecule has 1 aliphatic rings. The van der Waals surface area contributed by atoms with Gasteiger partial charge in [0, 0.05) is 12.7 Å². The van der Waals surface area contributed by atoms with E-state index in [1.807, 2.05) is 32.9 Å². The molecule has 1 heterocycles. The maximum absolute atomic E-state index is 12.8. The minimum absolute atomic E-state index is 0.123. The molecule has 0 spiro atoms. The van der Waals surface area contributed by atoms with E-state index in [0.29, 0.717) is 11.3 Å². The van der Waals surface area contributed by atoms with Crippen LogP contribution in [0.25, 0.3) is 0 Å². The Bertz CT molecular complexity index is 586. The summed E-state index contributed by atoms with van der Waals surface area (Å²) < 4.78 is 38.5. The van der Waals surface area contributed by atoms with E-state index in [9.17, 15) is 18.0 Å². The van der Waals surface area contributed by atoms with Crippen LogP contribution in [0.3, 0.4) is 0 Å². The van der Waals surface area contributed by atoms with E-state index in [0.717, 1.165) is 5.56 Å². The maximum atomic E-state index is 12.8. The number of amides is 1. The average Bonchev–Trinajstić information content (AvgIpc) is 2.48. The standard InChI is InChI=1S/C16H20F3NO/c1-14(2,3)10-6-7-11-12(8-10)20(5)13(21)15(11,4)9-16(17,18)19/h6-8H,9H2,1-5H3/t15-/m1/s1. The Morgan fingerprint density at radius 2 is 1.76 bits per heavy atom. The van der Waals surface area contributed by atoms with Gasteiger partial charge in [-0.1, -0.05) is 32.9 Å². The number of hydrogen-bond acceptors (Lipinski definition) is 1. The van der Waals surface area contributed by atoms with Gasteiger partial charge in [0.25, 0.3) is 0 Å². The molecule has 0 N–H and O–H groups in total. The van der Waals surface area contributed by atoms with Crippen molar-refractivity contribution in [2.75, 3.05) is 11.9 Å². The number of fused-ring (bicyclic) bond motifs is 1. The molecule has 2 nitrogen and oxygen atoms in total. The van der Waals surface area contributed by atoms with Crippen molar-refractivity contribution < 1.29 is 18.0 Å². The fourth-order valence-electron chi connectivity index (χ4n) is 2.91. The monoisotopic (exact) mass is 299 g/mol. The molecular formula is C16H20F3NO. The summed E-state index contributed by atoms with van der Waals surface area (Å²) in [7, 11) is 1.54. The molecule has 1 aromatic carbocycles. The zero-order valence-electron chi connectivity index (χ0n) is 12.9. The molecule has 2 rings (SSSR count). The van der Waals surface area contributed by atoms with Crippen molar-refractivity contribution in [3.63, 3.8) is 0 Å². The molecule has 0 unspecified atom stereocenters. The molecule has 1 aliphatic heterocycles. The number of alkyl halides is 3. The predicted octanol–water partition coefficient (Wildman–Crippen LogP) is 4.17. The Morgan fingerprint density at radius 3 is 2.24 bits per heavy atom. The molecule has 21 heavy (non-hydrogen) atoms. The van der Waals surface area contributed by atoms with Crippen molar-refractivity contribution in [1.82, 2.24) is 0 Å². The Morgan fingerprint density at radius 1 is 1.19 bits per heavy atom. The summed E-state index contributed by atoms with van der Waals surface area (Å²) in [6.45, 7) is 7.46. The molecule has 1 atom stereocenters. The Balaban J connectivity index is 2.56. The lowest BCUT2D eigenvalue weighted by molar-refractivity contribution is -0.154. The molecule has 1 aromatic rings. The van der Waals surface area contributed by atoms with E-state index >= 15 is 0 Å². The normalized spacial score (nSPS) is 22.7. The highest BCUT2D eigenvalue weighted by Crippen LogP contribution is 2.47. The van der Waals surface area contributed by atoms with Crippen LogP contribution < -0.4 is 4.90 Å². The van der Waals surface area contributed by atoms with E-state index in [-0.39, 0.29) is 5.41 Å². The van der Waals surface area contributed by atoms with Gasteiger partial charge in [0.2, 0.25) is 5.91 Å². The topological polar surface area (TPSA) is 20.3 Å². The molecule has 116 valence electrons. The Hall–Kier alpha value is -1.52. The zero-order chi connectivity index (χ0) is 16.2. The number of rotatable bonds is 1. The first-order valence-corrected chi connectivity index (χ1v) is 6.86. The third-order valence-electron chi connectivity index (χ3n) is 4.15. The number of carbonyl (C=O) groups excluding carboxylic acids is 1. The fraction of sp³-hybridized carbons (Fsp3) is 0.562. The number of carbonyl (C=O) groups is 1. The zero-order valence-corrected chi connectivity index (χ0v) is 12.9. The van der Waals surface area contributed by atoms with E-state index in [4.69, 9.17) is 0 Å². The third-order valence-corrected chi connectivity index (χ3v) is 4.15. The molecular weight excluding hydrogens is 279 g/mol. The average molecular weight is 299 g/mol. The Labute approximate surface area is 122 Å². The van der Waals surface area contributed by atoms with Crippen molar-refractivity contribution >= 4 is 11.6 Å². The van der Waals surface area contributed by atoms with Gasteiger partial charge in [0.1, 0.15) is 0 Å². The molecule has 0 saturated heterocycles. The van der Waals surface area contributed by atoms with Gasteiger partial charge in [0.15, 0.2) is 0 Å². The van der Waals surface area contributed by atoms with Crippen LogP contribution in [0.1, 0.15) is 45.2 Å².